The van der Waals surface area contributed by atoms with Crippen LogP contribution in [0.5, 0.6) is 0 Å². The topological polar surface area (TPSA) is 23.1 Å². The van der Waals surface area contributed by atoms with Crippen LogP contribution in [0.1, 0.15) is 0 Å². The first-order valence-corrected chi connectivity index (χ1v) is 2.95. The molecule has 0 radical (unpaired) electrons. The zero-order valence-electron chi connectivity index (χ0n) is 3.32. The van der Waals surface area contributed by atoms with E-state index in [4.69, 9.17) is 0 Å². The monoisotopic (exact) mass is 112 g/mol. The van der Waals surface area contributed by atoms with Crippen molar-refractivity contribution in [1.29, 1.82) is 0 Å². The van der Waals surface area contributed by atoms with Gasteiger partial charge in [0.15, 0.2) is 0 Å². The third-order valence-corrected chi connectivity index (χ3v) is 0. The summed E-state index contributed by atoms with van der Waals surface area (Å²) in [5.41, 5.74) is 0. The van der Waals surface area contributed by atoms with E-state index in [2.05, 4.69) is 0 Å². The van der Waals surface area contributed by atoms with E-state index < -0.39 is 11.2 Å². The van der Waals surface area contributed by atoms with Gasteiger partial charge in [-0.1, -0.05) is 11.2 Å². The quantitative estimate of drug-likeness (QED) is 0.408. The number of hydrogen-bond acceptors (Lipinski definition) is 1. The molecule has 0 unspecified atom stereocenters. The van der Waals surface area contributed by atoms with Gasteiger partial charge in [0, 0.05) is 0 Å². The lowest BCUT2D eigenvalue weighted by atomic mass is 11.9. The lowest BCUT2D eigenvalue weighted by molar-refractivity contribution is 0.606. The normalized spacial score (nSPS) is 7.20. The van der Waals surface area contributed by atoms with Crippen molar-refractivity contribution < 1.29 is 4.55 Å². The van der Waals surface area contributed by atoms with Crippen molar-refractivity contribution in [3.8, 4) is 0 Å². The Morgan fingerprint density at radius 3 is 1.40 bits per heavy atom. The molecule has 0 aromatic heterocycles. The minimum Gasteiger partial charge on any atom is -0.617 e. The van der Waals surface area contributed by atoms with E-state index in [0.29, 0.717) is 0 Å². The van der Waals surface area contributed by atoms with Gasteiger partial charge in [0.25, 0.3) is 0 Å². The maximum absolute atomic E-state index is 9.56. The molecule has 0 aliphatic carbocycles. The number of hydrogen-bond donors (Lipinski definition) is 0. The highest BCUT2D eigenvalue weighted by atomic mass is 32.2. The van der Waals surface area contributed by atoms with Gasteiger partial charge in [-0.3, -0.25) is 0 Å². The maximum atomic E-state index is 9.56. The van der Waals surface area contributed by atoms with Crippen LogP contribution in [-0.2, 0) is 11.2 Å². The van der Waals surface area contributed by atoms with Crippen molar-refractivity contribution >= 4 is 24.7 Å². The van der Waals surface area contributed by atoms with Crippen molar-refractivity contribution in [1.82, 2.24) is 0 Å². The van der Waals surface area contributed by atoms with Crippen LogP contribution in [0.15, 0.2) is 0 Å². The molecule has 0 saturated heterocycles. The predicted octanol–water partition coefficient (Wildman–Crippen LogP) is 0.108. The summed E-state index contributed by atoms with van der Waals surface area (Å²) in [6.07, 6.45) is 3.28. The molecule has 1 nitrogen and oxygen atoms in total. The van der Waals surface area contributed by atoms with E-state index in [1.165, 1.54) is 0 Å². The summed E-state index contributed by atoms with van der Waals surface area (Å²) in [5, 5.41) is 0. The Kier molecular flexibility index (Phi) is 8.55. The van der Waals surface area contributed by atoms with E-state index >= 15 is 0 Å². The van der Waals surface area contributed by atoms with Crippen molar-refractivity contribution in [2.24, 2.45) is 0 Å². The molecule has 0 rings (SSSR count). The van der Waals surface area contributed by atoms with Crippen LogP contribution < -0.4 is 0 Å². The Bertz CT molecular complexity index is 12.4. The zero-order valence-corrected chi connectivity index (χ0v) is 5.13. The molecular weight excluding hydrogens is 104 g/mol. The third-order valence-electron chi connectivity index (χ3n) is 0. The molecule has 0 fully saturated rings. The number of rotatable bonds is 0. The molecule has 0 N–H and O–H groups in total. The maximum Gasteiger partial charge on any atom is 0.0946 e. The van der Waals surface area contributed by atoms with Crippen LogP contribution in [0.25, 0.3) is 0 Å². The minimum atomic E-state index is -0.611. The van der Waals surface area contributed by atoms with Crippen molar-refractivity contribution in [2.45, 2.75) is 0 Å². The lowest BCUT2D eigenvalue weighted by Crippen LogP contribution is -1.86. The first-order valence-electron chi connectivity index (χ1n) is 0.983. The second-order valence-corrected chi connectivity index (χ2v) is 2.22. The first-order chi connectivity index (χ1) is 1.73. The molecule has 3 heteroatoms. The summed E-state index contributed by atoms with van der Waals surface area (Å²) in [6.45, 7) is 0. The highest BCUT2D eigenvalue weighted by molar-refractivity contribution is 7.89. The Morgan fingerprint density at radius 1 is 1.40 bits per heavy atom. The van der Waals surface area contributed by atoms with Crippen LogP contribution in [0.2, 0.25) is 0 Å². The van der Waals surface area contributed by atoms with Crippen LogP contribution in [0.3, 0.4) is 0 Å². The molecule has 0 heterocycles. The van der Waals surface area contributed by atoms with Gasteiger partial charge in [-0.15, -0.1) is 0 Å². The van der Waals surface area contributed by atoms with Gasteiger partial charge in [0.2, 0.25) is 0 Å². The Morgan fingerprint density at radius 2 is 1.40 bits per heavy atom. The smallest absolute Gasteiger partial charge is 0.0946 e. The summed E-state index contributed by atoms with van der Waals surface area (Å²) in [4.78, 5) is 0. The SMILES string of the molecule is C[S+](C)[O-].S. The molecule has 0 aromatic rings. The highest BCUT2D eigenvalue weighted by Gasteiger charge is 1.66. The lowest BCUT2D eigenvalue weighted by Gasteiger charge is -1.87. The molecule has 0 saturated carbocycles. The van der Waals surface area contributed by atoms with Crippen molar-refractivity contribution in [2.75, 3.05) is 12.5 Å². The molecule has 0 aliphatic heterocycles. The summed E-state index contributed by atoms with van der Waals surface area (Å²) in [5.74, 6) is 0. The van der Waals surface area contributed by atoms with E-state index in [1.807, 2.05) is 0 Å². The largest absolute Gasteiger partial charge is 0.617 e. The zero-order chi connectivity index (χ0) is 3.58. The van der Waals surface area contributed by atoms with Gasteiger partial charge < -0.3 is 4.55 Å². The van der Waals surface area contributed by atoms with Crippen molar-refractivity contribution in [3.05, 3.63) is 0 Å². The standard InChI is InChI=1S/C2H6OS.H2S/c1-4(2)3;/h1-2H3;1H2. The van der Waals surface area contributed by atoms with E-state index in [1.54, 1.807) is 12.5 Å². The molecule has 0 aliphatic rings. The predicted molar refractivity (Wildman–Crippen MR) is 30.4 cm³/mol. The van der Waals surface area contributed by atoms with Gasteiger partial charge in [0.05, 0.1) is 12.5 Å². The van der Waals surface area contributed by atoms with E-state index in [0.717, 1.165) is 0 Å². The molecule has 5 heavy (non-hydrogen) atoms. The fraction of sp³-hybridized carbons (Fsp3) is 1.00. The van der Waals surface area contributed by atoms with Gasteiger partial charge in [0.1, 0.15) is 0 Å². The van der Waals surface area contributed by atoms with E-state index in [-0.39, 0.29) is 13.5 Å². The Labute approximate surface area is 42.4 Å². The van der Waals surface area contributed by atoms with Gasteiger partial charge in [-0.2, -0.15) is 13.5 Å². The van der Waals surface area contributed by atoms with E-state index in [9.17, 15) is 4.55 Å². The second-order valence-electron chi connectivity index (χ2n) is 0.742. The molecular formula is C2H8OS2. The summed E-state index contributed by atoms with van der Waals surface area (Å²) in [6, 6.07) is 0. The summed E-state index contributed by atoms with van der Waals surface area (Å²) in [7, 11) is 0. The Balaban J connectivity index is 0. The summed E-state index contributed by atoms with van der Waals surface area (Å²) >= 11 is -0.611. The van der Waals surface area contributed by atoms with Crippen LogP contribution in [0.4, 0.5) is 0 Å². The fourth-order valence-electron chi connectivity index (χ4n) is 0. The highest BCUT2D eigenvalue weighted by Crippen LogP contribution is 1.61. The third kappa shape index (κ3) is 75.7. The molecule has 0 bridgehead atoms. The average Bonchev–Trinajstić information content (AvgIpc) is 0.811. The van der Waals surface area contributed by atoms with Crippen molar-refractivity contribution in [3.63, 3.8) is 0 Å². The molecule has 34 valence electrons. The summed E-state index contributed by atoms with van der Waals surface area (Å²) < 4.78 is 9.56. The average molecular weight is 112 g/mol. The molecule has 0 amide bonds. The van der Waals surface area contributed by atoms with Gasteiger partial charge >= 0.3 is 0 Å². The van der Waals surface area contributed by atoms with Crippen LogP contribution in [-0.4, -0.2) is 17.1 Å². The molecule has 0 spiro atoms. The van der Waals surface area contributed by atoms with Gasteiger partial charge in [-0.05, 0) is 0 Å². The van der Waals surface area contributed by atoms with Crippen LogP contribution in [0, 0.1) is 0 Å². The second kappa shape index (κ2) is 4.66. The first kappa shape index (κ1) is 9.18. The van der Waals surface area contributed by atoms with Gasteiger partial charge in [-0.25, -0.2) is 0 Å². The van der Waals surface area contributed by atoms with Crippen LogP contribution >= 0.6 is 13.5 Å². The molecule has 0 aromatic carbocycles. The Hall–Kier alpha value is 0.660. The molecule has 0 atom stereocenters. The fourth-order valence-corrected chi connectivity index (χ4v) is 0. The minimum absolute atomic E-state index is 0.